The summed E-state index contributed by atoms with van der Waals surface area (Å²) in [5, 5.41) is 4.06. The molecular weight excluding hydrogens is 342 g/mol. The van der Waals surface area contributed by atoms with E-state index in [4.69, 9.17) is 4.42 Å². The molecule has 1 aromatic carbocycles. The van der Waals surface area contributed by atoms with Crippen LogP contribution in [0.1, 0.15) is 21.7 Å². The average Bonchev–Trinajstić information content (AvgIpc) is 3.35. The van der Waals surface area contributed by atoms with Gasteiger partial charge in [0, 0.05) is 12.1 Å². The molecule has 0 saturated carbocycles. The number of amides is 1. The molecule has 0 aliphatic rings. The molecule has 0 atom stereocenters. The molecule has 0 fully saturated rings. The molecule has 24 heavy (non-hydrogen) atoms. The normalized spacial score (nSPS) is 11.0. The number of furan rings is 1. The zero-order valence-electron chi connectivity index (χ0n) is 12.6. The van der Waals surface area contributed by atoms with Crippen molar-refractivity contribution in [1.82, 2.24) is 13.6 Å². The van der Waals surface area contributed by atoms with E-state index in [2.05, 4.69) is 14.1 Å². The second-order valence-electron chi connectivity index (χ2n) is 5.34. The Balaban J connectivity index is 1.64. The van der Waals surface area contributed by atoms with E-state index in [1.165, 1.54) is 0 Å². The lowest BCUT2D eigenvalue weighted by atomic mass is 10.1. The van der Waals surface area contributed by atoms with Crippen molar-refractivity contribution < 1.29 is 9.21 Å². The highest BCUT2D eigenvalue weighted by Crippen LogP contribution is 2.19. The first-order chi connectivity index (χ1) is 11.8. The first-order valence-electron chi connectivity index (χ1n) is 7.34. The van der Waals surface area contributed by atoms with Crippen molar-refractivity contribution in [3.63, 3.8) is 0 Å². The molecule has 7 heteroatoms. The number of rotatable bonds is 5. The molecule has 0 aliphatic heterocycles. The van der Waals surface area contributed by atoms with E-state index in [0.717, 1.165) is 34.1 Å². The number of aromatic nitrogens is 2. The predicted molar refractivity (Wildman–Crippen MR) is 94.0 cm³/mol. The molecule has 120 valence electrons. The number of carbonyl (C=O) groups excluding carboxylic acids is 1. The van der Waals surface area contributed by atoms with Crippen molar-refractivity contribution in [3.8, 4) is 0 Å². The topological polar surface area (TPSA) is 59.2 Å². The Labute approximate surface area is 146 Å². The molecule has 0 spiro atoms. The van der Waals surface area contributed by atoms with Gasteiger partial charge in [-0.05, 0) is 52.7 Å². The van der Waals surface area contributed by atoms with Crippen LogP contribution in [0.3, 0.4) is 0 Å². The summed E-state index contributed by atoms with van der Waals surface area (Å²) in [6.07, 6.45) is 1.62. The highest BCUT2D eigenvalue weighted by Gasteiger charge is 2.19. The largest absolute Gasteiger partial charge is 0.467 e. The van der Waals surface area contributed by atoms with Gasteiger partial charge in [-0.1, -0.05) is 0 Å². The Morgan fingerprint density at radius 2 is 2.04 bits per heavy atom. The molecular formula is C17H13N3O2S2. The fourth-order valence-corrected chi connectivity index (χ4v) is 3.67. The number of thiophene rings is 1. The molecule has 0 saturated heterocycles. The van der Waals surface area contributed by atoms with Crippen molar-refractivity contribution in [2.45, 2.75) is 13.1 Å². The van der Waals surface area contributed by atoms with Crippen molar-refractivity contribution >= 4 is 40.0 Å². The minimum atomic E-state index is -0.0486. The van der Waals surface area contributed by atoms with Crippen LogP contribution in [0, 0.1) is 0 Å². The lowest BCUT2D eigenvalue weighted by Gasteiger charge is -2.21. The van der Waals surface area contributed by atoms with Crippen LogP contribution in [0.25, 0.3) is 11.0 Å². The van der Waals surface area contributed by atoms with Gasteiger partial charge in [-0.3, -0.25) is 4.79 Å². The number of fused-ring (bicyclic) bond motifs is 1. The van der Waals surface area contributed by atoms with E-state index in [9.17, 15) is 4.79 Å². The van der Waals surface area contributed by atoms with Gasteiger partial charge in [-0.25, -0.2) is 0 Å². The second-order valence-corrected chi connectivity index (χ2v) is 6.65. The maximum Gasteiger partial charge on any atom is 0.254 e. The zero-order chi connectivity index (χ0) is 16.4. The van der Waals surface area contributed by atoms with E-state index < -0.39 is 0 Å². The van der Waals surface area contributed by atoms with Gasteiger partial charge in [0.2, 0.25) is 0 Å². The fourth-order valence-electron chi connectivity index (χ4n) is 2.49. The van der Waals surface area contributed by atoms with Crippen molar-refractivity contribution in [3.05, 3.63) is 70.3 Å². The van der Waals surface area contributed by atoms with Gasteiger partial charge in [0.15, 0.2) is 0 Å². The van der Waals surface area contributed by atoms with E-state index in [-0.39, 0.29) is 5.91 Å². The van der Waals surface area contributed by atoms with E-state index in [0.29, 0.717) is 18.7 Å². The Hall–Kier alpha value is -2.51. The van der Waals surface area contributed by atoms with Crippen LogP contribution in [0.4, 0.5) is 0 Å². The van der Waals surface area contributed by atoms with Gasteiger partial charge in [0.25, 0.3) is 5.91 Å². The summed E-state index contributed by atoms with van der Waals surface area (Å²) in [6, 6.07) is 11.2. The highest BCUT2D eigenvalue weighted by atomic mass is 32.1. The van der Waals surface area contributed by atoms with Gasteiger partial charge in [0.05, 0.1) is 24.5 Å². The second kappa shape index (κ2) is 6.54. The molecule has 0 radical (unpaired) electrons. The van der Waals surface area contributed by atoms with Crippen molar-refractivity contribution in [2.24, 2.45) is 0 Å². The summed E-state index contributed by atoms with van der Waals surface area (Å²) in [6.45, 7) is 0.964. The Kier molecular flexibility index (Phi) is 4.10. The molecule has 0 aliphatic carbocycles. The lowest BCUT2D eigenvalue weighted by molar-refractivity contribution is 0.0718. The van der Waals surface area contributed by atoms with Crippen LogP contribution in [0.15, 0.2) is 57.8 Å². The van der Waals surface area contributed by atoms with Crippen LogP contribution < -0.4 is 0 Å². The maximum atomic E-state index is 13.0. The quantitative estimate of drug-likeness (QED) is 0.539. The number of hydrogen-bond donors (Lipinski definition) is 0. The Bertz CT molecular complexity index is 909. The summed E-state index contributed by atoms with van der Waals surface area (Å²) < 4.78 is 13.8. The van der Waals surface area contributed by atoms with Crippen molar-refractivity contribution in [2.75, 3.05) is 0 Å². The first kappa shape index (κ1) is 15.0. The molecule has 0 N–H and O–H groups in total. The molecule has 3 aromatic heterocycles. The summed E-state index contributed by atoms with van der Waals surface area (Å²) in [5.74, 6) is 0.711. The monoisotopic (exact) mass is 355 g/mol. The van der Waals surface area contributed by atoms with Crippen LogP contribution in [-0.2, 0) is 13.1 Å². The number of hydrogen-bond acceptors (Lipinski definition) is 6. The third kappa shape index (κ3) is 3.08. The SMILES string of the molecule is O=C(c1ccc2nsnc2c1)N(Cc1ccsc1)Cc1ccco1. The Morgan fingerprint density at radius 3 is 2.83 bits per heavy atom. The minimum absolute atomic E-state index is 0.0486. The lowest BCUT2D eigenvalue weighted by Crippen LogP contribution is -2.29. The Morgan fingerprint density at radius 1 is 1.12 bits per heavy atom. The summed E-state index contributed by atoms with van der Waals surface area (Å²) in [7, 11) is 0. The van der Waals surface area contributed by atoms with E-state index in [1.54, 1.807) is 34.6 Å². The standard InChI is InChI=1S/C17H13N3O2S2/c21-17(13-3-4-15-16(8-13)19-24-18-15)20(9-12-5-7-23-11-12)10-14-2-1-6-22-14/h1-8,11H,9-10H2. The third-order valence-corrected chi connectivity index (χ3v) is 4.96. The minimum Gasteiger partial charge on any atom is -0.467 e. The summed E-state index contributed by atoms with van der Waals surface area (Å²) in [5.41, 5.74) is 3.28. The maximum absolute atomic E-state index is 13.0. The summed E-state index contributed by atoms with van der Waals surface area (Å²) in [4.78, 5) is 14.8. The molecule has 0 bridgehead atoms. The molecule has 1 amide bonds. The zero-order valence-corrected chi connectivity index (χ0v) is 14.2. The van der Waals surface area contributed by atoms with E-state index >= 15 is 0 Å². The first-order valence-corrected chi connectivity index (χ1v) is 9.02. The van der Waals surface area contributed by atoms with Crippen LogP contribution in [0.5, 0.6) is 0 Å². The molecule has 4 rings (SSSR count). The van der Waals surface area contributed by atoms with Gasteiger partial charge in [-0.15, -0.1) is 0 Å². The van der Waals surface area contributed by atoms with Crippen molar-refractivity contribution in [1.29, 1.82) is 0 Å². The third-order valence-electron chi connectivity index (χ3n) is 3.67. The molecule has 3 heterocycles. The van der Waals surface area contributed by atoms with Gasteiger partial charge in [0.1, 0.15) is 16.8 Å². The van der Waals surface area contributed by atoms with Gasteiger partial charge < -0.3 is 9.32 Å². The molecule has 4 aromatic rings. The van der Waals surface area contributed by atoms with Crippen LogP contribution >= 0.6 is 23.1 Å². The van der Waals surface area contributed by atoms with Crippen LogP contribution in [0.2, 0.25) is 0 Å². The number of carbonyl (C=O) groups is 1. The van der Waals surface area contributed by atoms with E-state index in [1.807, 2.05) is 29.6 Å². The number of benzene rings is 1. The van der Waals surface area contributed by atoms with Gasteiger partial charge in [-0.2, -0.15) is 20.1 Å². The fraction of sp³-hybridized carbons (Fsp3) is 0.118. The molecule has 5 nitrogen and oxygen atoms in total. The predicted octanol–water partition coefficient (Wildman–Crippen LogP) is 4.19. The van der Waals surface area contributed by atoms with Crippen LogP contribution in [-0.4, -0.2) is 19.6 Å². The smallest absolute Gasteiger partial charge is 0.254 e. The van der Waals surface area contributed by atoms with Gasteiger partial charge >= 0.3 is 0 Å². The molecule has 0 unspecified atom stereocenters. The average molecular weight is 355 g/mol. The highest BCUT2D eigenvalue weighted by molar-refractivity contribution is 7.07. The number of nitrogens with zero attached hydrogens (tertiary/aromatic N) is 3. The summed E-state index contributed by atoms with van der Waals surface area (Å²) >= 11 is 2.77.